The van der Waals surface area contributed by atoms with Crippen molar-refractivity contribution in [3.05, 3.63) is 58.9 Å². The Bertz CT molecular complexity index is 1330. The molecule has 7 nitrogen and oxygen atoms in total. The molecule has 6 rings (SSSR count). The molecule has 0 radical (unpaired) electrons. The molecule has 3 heterocycles. The Morgan fingerprint density at radius 3 is 2.76 bits per heavy atom. The molecule has 2 aromatic heterocycles. The molecule has 2 aliphatic carbocycles. The van der Waals surface area contributed by atoms with E-state index in [1.165, 1.54) is 17.2 Å². The minimum atomic E-state index is -0.362. The van der Waals surface area contributed by atoms with Gasteiger partial charge in [0.15, 0.2) is 17.2 Å². The maximum Gasteiger partial charge on any atom is 0.245 e. The van der Waals surface area contributed by atoms with Crippen molar-refractivity contribution in [2.24, 2.45) is 11.8 Å². The average Bonchev–Trinajstić information content (AvgIpc) is 3.69. The zero-order chi connectivity index (χ0) is 23.6. The van der Waals surface area contributed by atoms with Crippen molar-refractivity contribution in [2.45, 2.75) is 57.2 Å². The van der Waals surface area contributed by atoms with Crippen LogP contribution in [0.4, 0.5) is 0 Å². The highest BCUT2D eigenvalue weighted by molar-refractivity contribution is 6.30. The number of hydrogen-bond donors (Lipinski definition) is 0. The first-order valence-electron chi connectivity index (χ1n) is 11.8. The van der Waals surface area contributed by atoms with Crippen LogP contribution in [-0.4, -0.2) is 49.2 Å². The summed E-state index contributed by atoms with van der Waals surface area (Å²) in [6.45, 7) is 1.43. The predicted molar refractivity (Wildman–Crippen MR) is 127 cm³/mol. The van der Waals surface area contributed by atoms with Gasteiger partial charge in [0, 0.05) is 30.6 Å². The number of halogens is 1. The molecule has 3 aromatic rings. The first-order chi connectivity index (χ1) is 16.4. The third-order valence-corrected chi connectivity index (χ3v) is 7.79. The van der Waals surface area contributed by atoms with E-state index >= 15 is 0 Å². The second-order valence-corrected chi connectivity index (χ2v) is 10.3. The third-order valence-electron chi connectivity index (χ3n) is 7.55. The lowest BCUT2D eigenvalue weighted by Crippen LogP contribution is -2.44. The Morgan fingerprint density at radius 2 is 1.97 bits per heavy atom. The van der Waals surface area contributed by atoms with E-state index in [1.54, 1.807) is 23.2 Å². The van der Waals surface area contributed by atoms with Gasteiger partial charge in [0.25, 0.3) is 0 Å². The maximum atomic E-state index is 13.4. The molecule has 1 aliphatic heterocycles. The second-order valence-electron chi connectivity index (χ2n) is 9.88. The first kappa shape index (κ1) is 21.5. The van der Waals surface area contributed by atoms with Crippen LogP contribution in [0.25, 0.3) is 11.0 Å². The Morgan fingerprint density at radius 1 is 1.12 bits per heavy atom. The van der Waals surface area contributed by atoms with Gasteiger partial charge in [-0.25, -0.2) is 9.67 Å². The zero-order valence-corrected chi connectivity index (χ0v) is 19.6. The molecule has 3 aliphatic rings. The van der Waals surface area contributed by atoms with Crippen molar-refractivity contribution in [3.63, 3.8) is 0 Å². The Hall–Kier alpha value is -3.06. The van der Waals surface area contributed by atoms with E-state index in [-0.39, 0.29) is 36.1 Å². The van der Waals surface area contributed by atoms with E-state index in [0.29, 0.717) is 40.9 Å². The van der Waals surface area contributed by atoms with Crippen LogP contribution in [0.3, 0.4) is 0 Å². The summed E-state index contributed by atoms with van der Waals surface area (Å²) in [5.41, 5.74) is 2.01. The van der Waals surface area contributed by atoms with Crippen LogP contribution in [0, 0.1) is 11.8 Å². The number of carbonyl (C=O) groups is 3. The number of pyridine rings is 1. The minimum Gasteiger partial charge on any atom is -0.328 e. The van der Waals surface area contributed by atoms with Gasteiger partial charge >= 0.3 is 0 Å². The molecule has 2 saturated carbocycles. The van der Waals surface area contributed by atoms with E-state index in [4.69, 9.17) is 11.6 Å². The highest BCUT2D eigenvalue weighted by atomic mass is 35.5. The fraction of sp³-hybridized carbons (Fsp3) is 0.423. The lowest BCUT2D eigenvalue weighted by molar-refractivity contribution is -0.139. The quantitative estimate of drug-likeness (QED) is 0.480. The van der Waals surface area contributed by atoms with Crippen LogP contribution < -0.4 is 0 Å². The van der Waals surface area contributed by atoms with Crippen LogP contribution in [0.5, 0.6) is 0 Å². The molecule has 174 valence electrons. The summed E-state index contributed by atoms with van der Waals surface area (Å²) in [6, 6.07) is 11.2. The molecular formula is C26H25ClN4O3. The van der Waals surface area contributed by atoms with Gasteiger partial charge in [-0.1, -0.05) is 23.7 Å². The summed E-state index contributed by atoms with van der Waals surface area (Å²) < 4.78 is 1.50. The van der Waals surface area contributed by atoms with E-state index in [1.807, 2.05) is 18.2 Å². The van der Waals surface area contributed by atoms with Gasteiger partial charge < -0.3 is 4.90 Å². The van der Waals surface area contributed by atoms with Crippen LogP contribution in [-0.2, 0) is 16.1 Å². The number of piperidine rings is 1. The van der Waals surface area contributed by atoms with Crippen LogP contribution >= 0.6 is 11.6 Å². The number of amides is 1. The van der Waals surface area contributed by atoms with Crippen LogP contribution in [0.2, 0.25) is 5.02 Å². The molecule has 1 saturated heterocycles. The average molecular weight is 477 g/mol. The summed E-state index contributed by atoms with van der Waals surface area (Å²) >= 11 is 6.13. The summed E-state index contributed by atoms with van der Waals surface area (Å²) in [4.78, 5) is 44.8. The zero-order valence-electron chi connectivity index (χ0n) is 18.9. The van der Waals surface area contributed by atoms with Gasteiger partial charge in [-0.15, -0.1) is 0 Å². The number of ketones is 2. The first-order valence-corrected chi connectivity index (χ1v) is 12.2. The summed E-state index contributed by atoms with van der Waals surface area (Å²) in [5, 5.41) is 5.74. The number of likely N-dealkylation sites (tertiary alicyclic amines) is 1. The van der Waals surface area contributed by atoms with E-state index < -0.39 is 0 Å². The molecule has 1 amide bonds. The van der Waals surface area contributed by atoms with Gasteiger partial charge in [0.2, 0.25) is 5.91 Å². The lowest BCUT2D eigenvalue weighted by atomic mass is 10.00. The molecule has 2 unspecified atom stereocenters. The number of rotatable bonds is 7. The topological polar surface area (TPSA) is 85.2 Å². The fourth-order valence-corrected chi connectivity index (χ4v) is 5.90. The summed E-state index contributed by atoms with van der Waals surface area (Å²) in [5.74, 6) is 0.964. The number of benzene rings is 1. The van der Waals surface area contributed by atoms with Crippen molar-refractivity contribution >= 4 is 40.1 Å². The number of fused-ring (bicyclic) bond motifs is 2. The molecular weight excluding hydrogens is 452 g/mol. The predicted octanol–water partition coefficient (Wildman–Crippen LogP) is 4.04. The molecule has 5 atom stereocenters. The Labute approximate surface area is 202 Å². The highest BCUT2D eigenvalue weighted by Gasteiger charge is 2.56. The van der Waals surface area contributed by atoms with Gasteiger partial charge in [0.05, 0.1) is 11.4 Å². The molecule has 34 heavy (non-hydrogen) atoms. The van der Waals surface area contributed by atoms with E-state index in [2.05, 4.69) is 16.1 Å². The molecule has 3 fully saturated rings. The molecule has 0 bridgehead atoms. The van der Waals surface area contributed by atoms with Gasteiger partial charge in [-0.2, -0.15) is 5.10 Å². The SMILES string of the molecule is CC(=O)c1nn(CC(=O)N2[C@@H]3C[C@@H]3C[C@H]2C(=O)CC2CC2c2cccc(Cl)c2)c2ncccc12. The van der Waals surface area contributed by atoms with Gasteiger partial charge in [-0.05, 0) is 66.8 Å². The normalized spacial score (nSPS) is 27.0. The smallest absolute Gasteiger partial charge is 0.245 e. The van der Waals surface area contributed by atoms with Crippen molar-refractivity contribution in [1.82, 2.24) is 19.7 Å². The van der Waals surface area contributed by atoms with Gasteiger partial charge in [-0.3, -0.25) is 14.4 Å². The number of aromatic nitrogens is 3. The maximum absolute atomic E-state index is 13.4. The largest absolute Gasteiger partial charge is 0.328 e. The number of carbonyl (C=O) groups excluding carboxylic acids is 3. The van der Waals surface area contributed by atoms with Gasteiger partial charge in [0.1, 0.15) is 12.2 Å². The monoisotopic (exact) mass is 476 g/mol. The molecule has 0 N–H and O–H groups in total. The molecule has 8 heteroatoms. The highest BCUT2D eigenvalue weighted by Crippen LogP contribution is 2.52. The minimum absolute atomic E-state index is 0.0254. The Kier molecular flexibility index (Phi) is 5.06. The van der Waals surface area contributed by atoms with Crippen molar-refractivity contribution in [2.75, 3.05) is 0 Å². The third kappa shape index (κ3) is 3.72. The number of nitrogens with zero attached hydrogens (tertiary/aromatic N) is 4. The lowest BCUT2D eigenvalue weighted by Gasteiger charge is -2.27. The molecule has 0 spiro atoms. The van der Waals surface area contributed by atoms with Crippen LogP contribution in [0.1, 0.15) is 54.6 Å². The Balaban J connectivity index is 1.17. The van der Waals surface area contributed by atoms with Crippen molar-refractivity contribution in [3.8, 4) is 0 Å². The van der Waals surface area contributed by atoms with E-state index in [9.17, 15) is 14.4 Å². The summed E-state index contributed by atoms with van der Waals surface area (Å²) in [6.07, 6.45) is 4.81. The number of hydrogen-bond acceptors (Lipinski definition) is 5. The fourth-order valence-electron chi connectivity index (χ4n) is 5.71. The second kappa shape index (κ2) is 8.01. The summed E-state index contributed by atoms with van der Waals surface area (Å²) in [7, 11) is 0. The van der Waals surface area contributed by atoms with Crippen molar-refractivity contribution < 1.29 is 14.4 Å². The van der Waals surface area contributed by atoms with E-state index in [0.717, 1.165) is 24.3 Å². The number of Topliss-reactive ketones (excluding diaryl/α,β-unsaturated/α-hetero) is 2. The van der Waals surface area contributed by atoms with Crippen LogP contribution in [0.15, 0.2) is 42.6 Å². The molecule has 1 aromatic carbocycles. The van der Waals surface area contributed by atoms with Crippen molar-refractivity contribution in [1.29, 1.82) is 0 Å². The standard InChI is InChI=1S/C26H25ClN4O3/c1-14(32)25-19-6-3-7-28-26(19)30(29-25)13-24(34)31-21-10-17(21)11-22(31)23(33)12-16-9-20(16)15-4-2-5-18(27)8-15/h2-8,16-17,20-22H,9-13H2,1H3/t16?,17-,20?,21-,22+/m1/s1.